The molecule has 5 aromatic rings. The quantitative estimate of drug-likeness (QED) is 0.149. The molecule has 1 aliphatic heterocycles. The molecule has 3 heterocycles. The number of alkyl halides is 3. The first-order valence-corrected chi connectivity index (χ1v) is 16.3. The third-order valence-corrected chi connectivity index (χ3v) is 8.86. The Morgan fingerprint density at radius 1 is 0.962 bits per heavy atom. The number of imide groups is 1. The van der Waals surface area contributed by atoms with E-state index in [-0.39, 0.29) is 61.6 Å². The Morgan fingerprint density at radius 2 is 1.75 bits per heavy atom. The molecular formula is C37H33F3N6O6. The second-order valence-corrected chi connectivity index (χ2v) is 12.3. The van der Waals surface area contributed by atoms with Crippen molar-refractivity contribution in [3.8, 4) is 5.75 Å². The topological polar surface area (TPSA) is 152 Å². The molecule has 1 aliphatic rings. The van der Waals surface area contributed by atoms with Crippen molar-refractivity contribution in [2.24, 2.45) is 0 Å². The third-order valence-electron chi connectivity index (χ3n) is 8.86. The van der Waals surface area contributed by atoms with Crippen molar-refractivity contribution in [3.63, 3.8) is 0 Å². The average Bonchev–Trinajstić information content (AvgIpc) is 3.62. The fourth-order valence-corrected chi connectivity index (χ4v) is 6.26. The number of halogens is 3. The molecule has 5 amide bonds. The zero-order chi connectivity index (χ0) is 37.0. The van der Waals surface area contributed by atoms with E-state index in [0.29, 0.717) is 35.2 Å². The summed E-state index contributed by atoms with van der Waals surface area (Å²) < 4.78 is 46.3. The van der Waals surface area contributed by atoms with Gasteiger partial charge in [0.05, 0.1) is 5.52 Å². The Labute approximate surface area is 294 Å². The average molecular weight is 715 g/mol. The minimum atomic E-state index is -5.02. The van der Waals surface area contributed by atoms with Gasteiger partial charge in [0.15, 0.2) is 0 Å². The van der Waals surface area contributed by atoms with Gasteiger partial charge in [0, 0.05) is 65.8 Å². The van der Waals surface area contributed by atoms with Crippen LogP contribution in [0.4, 0.5) is 13.2 Å². The predicted octanol–water partition coefficient (Wildman–Crippen LogP) is 4.73. The van der Waals surface area contributed by atoms with Crippen molar-refractivity contribution < 1.29 is 41.9 Å². The summed E-state index contributed by atoms with van der Waals surface area (Å²) >= 11 is 0. The van der Waals surface area contributed by atoms with Crippen molar-refractivity contribution in [2.75, 3.05) is 0 Å². The van der Waals surface area contributed by atoms with E-state index in [1.54, 1.807) is 28.7 Å². The van der Waals surface area contributed by atoms with Crippen LogP contribution in [0.3, 0.4) is 0 Å². The van der Waals surface area contributed by atoms with Crippen molar-refractivity contribution >= 4 is 52.0 Å². The van der Waals surface area contributed by atoms with Gasteiger partial charge in [-0.3, -0.25) is 29.3 Å². The van der Waals surface area contributed by atoms with Crippen LogP contribution in [0.2, 0.25) is 0 Å². The fraction of sp³-hybridized carbons (Fsp3) is 0.243. The second kappa shape index (κ2) is 14.9. The molecule has 0 saturated heterocycles. The predicted molar refractivity (Wildman–Crippen MR) is 183 cm³/mol. The molecule has 0 fully saturated rings. The number of amides is 5. The van der Waals surface area contributed by atoms with Crippen LogP contribution in [0, 0.1) is 0 Å². The third kappa shape index (κ3) is 7.88. The van der Waals surface area contributed by atoms with Crippen LogP contribution in [0.5, 0.6) is 5.75 Å². The van der Waals surface area contributed by atoms with Gasteiger partial charge < -0.3 is 24.8 Å². The molecule has 1 atom stereocenters. The van der Waals surface area contributed by atoms with E-state index in [9.17, 15) is 37.1 Å². The lowest BCUT2D eigenvalue weighted by atomic mass is 10.1. The number of nitrogens with zero attached hydrogens (tertiary/aromatic N) is 3. The van der Waals surface area contributed by atoms with Gasteiger partial charge in [0.1, 0.15) is 17.9 Å². The van der Waals surface area contributed by atoms with Gasteiger partial charge in [0.25, 0.3) is 11.8 Å². The largest absolute Gasteiger partial charge is 0.573 e. The van der Waals surface area contributed by atoms with Crippen LogP contribution >= 0.6 is 0 Å². The summed E-state index contributed by atoms with van der Waals surface area (Å²) in [6.45, 7) is 1.52. The van der Waals surface area contributed by atoms with E-state index in [0.717, 1.165) is 22.4 Å². The fourth-order valence-electron chi connectivity index (χ4n) is 6.26. The molecule has 1 unspecified atom stereocenters. The van der Waals surface area contributed by atoms with E-state index >= 15 is 0 Å². The summed E-state index contributed by atoms with van der Waals surface area (Å²) in [7, 11) is 0. The number of aromatic nitrogens is 2. The maximum absolute atomic E-state index is 13.4. The van der Waals surface area contributed by atoms with Gasteiger partial charge in [-0.2, -0.15) is 0 Å². The van der Waals surface area contributed by atoms with Crippen LogP contribution in [0.1, 0.15) is 57.2 Å². The molecule has 2 aromatic heterocycles. The Balaban J connectivity index is 1.09. The number of rotatable bonds is 13. The molecule has 6 rings (SSSR count). The summed E-state index contributed by atoms with van der Waals surface area (Å²) in [5.74, 6) is -2.21. The van der Waals surface area contributed by atoms with E-state index in [1.807, 2.05) is 36.4 Å². The van der Waals surface area contributed by atoms with E-state index < -0.39 is 23.9 Å². The molecule has 0 radical (unpaired) electrons. The summed E-state index contributed by atoms with van der Waals surface area (Å²) in [4.78, 5) is 67.2. The van der Waals surface area contributed by atoms with Gasteiger partial charge in [-0.1, -0.05) is 30.3 Å². The smallest absolute Gasteiger partial charge is 0.405 e. The van der Waals surface area contributed by atoms with Gasteiger partial charge in [-0.15, -0.1) is 13.2 Å². The maximum Gasteiger partial charge on any atom is 0.573 e. The van der Waals surface area contributed by atoms with Gasteiger partial charge >= 0.3 is 6.36 Å². The Kier molecular flexibility index (Phi) is 10.2. The standard InChI is InChI=1S/C37H33F3N6O6/c1-22(8-13-32(48)44-21-47)45-19-26-16-24(11-12-27(26)36(45)51)35(50)43-18-25-10-9-23(15-31(25)52-37(38,39)40)17-42-33(49)20-46-30-7-3-2-5-28(30)29-6-4-14-41-34(29)46/h2-7,9-12,14-16,21-22H,8,13,17-20H2,1H3,(H,42,49)(H,43,50)(H,44,47,48). The first-order chi connectivity index (χ1) is 24.9. The zero-order valence-electron chi connectivity index (χ0n) is 27.8. The van der Waals surface area contributed by atoms with Crippen LogP contribution in [-0.2, 0) is 40.6 Å². The van der Waals surface area contributed by atoms with Crippen molar-refractivity contribution in [2.45, 2.75) is 58.3 Å². The van der Waals surface area contributed by atoms with Gasteiger partial charge in [0.2, 0.25) is 18.2 Å². The highest BCUT2D eigenvalue weighted by atomic mass is 19.4. The number of benzene rings is 3. The van der Waals surface area contributed by atoms with Crippen molar-refractivity contribution in [3.05, 3.63) is 107 Å². The molecular weight excluding hydrogens is 681 g/mol. The van der Waals surface area contributed by atoms with E-state index in [2.05, 4.69) is 25.7 Å². The van der Waals surface area contributed by atoms with Crippen molar-refractivity contribution in [1.82, 2.24) is 30.4 Å². The van der Waals surface area contributed by atoms with Gasteiger partial charge in [-0.25, -0.2) is 4.98 Å². The number of carbonyl (C=O) groups excluding carboxylic acids is 5. The number of para-hydroxylation sites is 1. The molecule has 12 nitrogen and oxygen atoms in total. The monoisotopic (exact) mass is 714 g/mol. The molecule has 0 saturated carbocycles. The minimum Gasteiger partial charge on any atom is -0.405 e. The minimum absolute atomic E-state index is 0.0465. The molecule has 15 heteroatoms. The maximum atomic E-state index is 13.4. The van der Waals surface area contributed by atoms with E-state index in [4.69, 9.17) is 0 Å². The number of hydrogen-bond acceptors (Lipinski definition) is 7. The number of pyridine rings is 1. The lowest BCUT2D eigenvalue weighted by Crippen LogP contribution is -2.34. The highest BCUT2D eigenvalue weighted by Gasteiger charge is 2.33. The number of nitrogens with one attached hydrogen (secondary N) is 3. The van der Waals surface area contributed by atoms with Crippen LogP contribution in [-0.4, -0.2) is 56.9 Å². The molecule has 52 heavy (non-hydrogen) atoms. The normalized spacial score (nSPS) is 13.2. The number of carbonyl (C=O) groups is 5. The summed E-state index contributed by atoms with van der Waals surface area (Å²) in [6.07, 6.45) is -2.72. The second-order valence-electron chi connectivity index (χ2n) is 12.3. The Morgan fingerprint density at radius 3 is 2.54 bits per heavy atom. The van der Waals surface area contributed by atoms with Crippen LogP contribution in [0.15, 0.2) is 79.0 Å². The number of ether oxygens (including phenoxy) is 1. The first kappa shape index (κ1) is 35.6. The lowest BCUT2D eigenvalue weighted by molar-refractivity contribution is -0.274. The molecule has 268 valence electrons. The summed E-state index contributed by atoms with van der Waals surface area (Å²) in [6, 6.07) is 19.6. The summed E-state index contributed by atoms with van der Waals surface area (Å²) in [5, 5.41) is 9.24. The highest BCUT2D eigenvalue weighted by molar-refractivity contribution is 6.07. The van der Waals surface area contributed by atoms with Crippen LogP contribution < -0.4 is 20.7 Å². The molecule has 3 aromatic carbocycles. The van der Waals surface area contributed by atoms with E-state index in [1.165, 1.54) is 24.3 Å². The highest BCUT2D eigenvalue weighted by Crippen LogP contribution is 2.30. The SMILES string of the molecule is CC(CCC(=O)NC=O)N1Cc2cc(C(=O)NCc3ccc(CNC(=O)Cn4c5ccccc5c5cccnc54)cc3OC(F)(F)F)ccc2C1=O. The number of hydrogen-bond donors (Lipinski definition) is 3. The molecule has 3 N–H and O–H groups in total. The summed E-state index contributed by atoms with van der Waals surface area (Å²) in [5.41, 5.74) is 3.02. The first-order valence-electron chi connectivity index (χ1n) is 16.3. The van der Waals surface area contributed by atoms with Gasteiger partial charge in [-0.05, 0) is 66.9 Å². The van der Waals surface area contributed by atoms with Crippen molar-refractivity contribution in [1.29, 1.82) is 0 Å². The number of fused-ring (bicyclic) bond motifs is 4. The lowest BCUT2D eigenvalue weighted by Gasteiger charge is -2.23. The zero-order valence-corrected chi connectivity index (χ0v) is 27.8. The Hall–Kier alpha value is -6.25. The van der Waals surface area contributed by atoms with Crippen LogP contribution in [0.25, 0.3) is 21.9 Å². The Bertz CT molecular complexity index is 2150. The molecule has 0 aliphatic carbocycles. The molecule has 0 bridgehead atoms. The molecule has 0 spiro atoms.